The van der Waals surface area contributed by atoms with Crippen molar-refractivity contribution in [1.29, 1.82) is 0 Å². The summed E-state index contributed by atoms with van der Waals surface area (Å²) in [6, 6.07) is 11.8. The SMILES string of the molecule is COc1cc(CCc2cccc(OC)c2OC)cc(OC)c1. The molecule has 0 amide bonds. The van der Waals surface area contributed by atoms with E-state index in [-0.39, 0.29) is 0 Å². The summed E-state index contributed by atoms with van der Waals surface area (Å²) in [5.41, 5.74) is 2.27. The molecular formula is C18H22O4. The monoisotopic (exact) mass is 302 g/mol. The van der Waals surface area contributed by atoms with Crippen LogP contribution in [0.15, 0.2) is 36.4 Å². The van der Waals surface area contributed by atoms with Crippen LogP contribution in [-0.2, 0) is 12.8 Å². The van der Waals surface area contributed by atoms with Gasteiger partial charge in [0.25, 0.3) is 0 Å². The van der Waals surface area contributed by atoms with Crippen LogP contribution in [0.3, 0.4) is 0 Å². The zero-order valence-corrected chi connectivity index (χ0v) is 13.5. The number of hydrogen-bond donors (Lipinski definition) is 0. The Kier molecular flexibility index (Phi) is 5.53. The first-order valence-electron chi connectivity index (χ1n) is 7.13. The number of benzene rings is 2. The molecule has 0 radical (unpaired) electrons. The van der Waals surface area contributed by atoms with Gasteiger partial charge in [0.05, 0.1) is 28.4 Å². The van der Waals surface area contributed by atoms with Gasteiger partial charge < -0.3 is 18.9 Å². The smallest absolute Gasteiger partial charge is 0.163 e. The van der Waals surface area contributed by atoms with Gasteiger partial charge in [-0.2, -0.15) is 0 Å². The topological polar surface area (TPSA) is 36.9 Å². The number of aryl methyl sites for hydroxylation is 2. The van der Waals surface area contributed by atoms with Gasteiger partial charge in [-0.1, -0.05) is 12.1 Å². The van der Waals surface area contributed by atoms with Crippen LogP contribution in [0.5, 0.6) is 23.0 Å². The summed E-state index contributed by atoms with van der Waals surface area (Å²) >= 11 is 0. The van der Waals surface area contributed by atoms with Crippen LogP contribution in [0.4, 0.5) is 0 Å². The van der Waals surface area contributed by atoms with Crippen molar-refractivity contribution in [2.75, 3.05) is 28.4 Å². The van der Waals surface area contributed by atoms with E-state index in [0.717, 1.165) is 47.0 Å². The molecule has 2 aromatic rings. The Labute approximate surface area is 131 Å². The minimum Gasteiger partial charge on any atom is -0.497 e. The highest BCUT2D eigenvalue weighted by Crippen LogP contribution is 2.32. The highest BCUT2D eigenvalue weighted by Gasteiger charge is 2.10. The molecule has 22 heavy (non-hydrogen) atoms. The lowest BCUT2D eigenvalue weighted by Crippen LogP contribution is -1.99. The molecule has 0 unspecified atom stereocenters. The van der Waals surface area contributed by atoms with Gasteiger partial charge in [-0.15, -0.1) is 0 Å². The predicted octanol–water partition coefficient (Wildman–Crippen LogP) is 3.51. The summed E-state index contributed by atoms with van der Waals surface area (Å²) in [5, 5.41) is 0. The largest absolute Gasteiger partial charge is 0.497 e. The van der Waals surface area contributed by atoms with Crippen molar-refractivity contribution in [3.05, 3.63) is 47.5 Å². The van der Waals surface area contributed by atoms with E-state index in [9.17, 15) is 0 Å². The van der Waals surface area contributed by atoms with Crippen LogP contribution >= 0.6 is 0 Å². The van der Waals surface area contributed by atoms with Crippen molar-refractivity contribution < 1.29 is 18.9 Å². The molecule has 2 aromatic carbocycles. The Balaban J connectivity index is 2.20. The molecule has 0 aliphatic carbocycles. The minimum atomic E-state index is 0.753. The van der Waals surface area contributed by atoms with Crippen molar-refractivity contribution in [2.24, 2.45) is 0 Å². The molecule has 0 aliphatic heterocycles. The second-order valence-electron chi connectivity index (χ2n) is 4.87. The van der Waals surface area contributed by atoms with Crippen molar-refractivity contribution in [2.45, 2.75) is 12.8 Å². The normalized spacial score (nSPS) is 10.2. The van der Waals surface area contributed by atoms with E-state index in [1.165, 1.54) is 0 Å². The van der Waals surface area contributed by atoms with Crippen molar-refractivity contribution in [1.82, 2.24) is 0 Å². The fraction of sp³-hybridized carbons (Fsp3) is 0.333. The lowest BCUT2D eigenvalue weighted by atomic mass is 10.0. The molecule has 0 spiro atoms. The molecule has 0 saturated heterocycles. The van der Waals surface area contributed by atoms with Gasteiger partial charge in [-0.05, 0) is 42.2 Å². The average molecular weight is 302 g/mol. The van der Waals surface area contributed by atoms with Gasteiger partial charge in [-0.3, -0.25) is 0 Å². The predicted molar refractivity (Wildman–Crippen MR) is 86.5 cm³/mol. The van der Waals surface area contributed by atoms with Crippen LogP contribution in [0.25, 0.3) is 0 Å². The first-order valence-corrected chi connectivity index (χ1v) is 7.13. The van der Waals surface area contributed by atoms with Crippen LogP contribution < -0.4 is 18.9 Å². The van der Waals surface area contributed by atoms with Crippen molar-refractivity contribution in [3.8, 4) is 23.0 Å². The molecular weight excluding hydrogens is 280 g/mol. The molecule has 4 nitrogen and oxygen atoms in total. The first kappa shape index (κ1) is 16.0. The summed E-state index contributed by atoms with van der Waals surface area (Å²) < 4.78 is 21.4. The molecule has 4 heteroatoms. The number of ether oxygens (including phenoxy) is 4. The Morgan fingerprint density at radius 3 is 1.95 bits per heavy atom. The molecule has 0 heterocycles. The fourth-order valence-corrected chi connectivity index (χ4v) is 2.44. The highest BCUT2D eigenvalue weighted by molar-refractivity contribution is 5.47. The highest BCUT2D eigenvalue weighted by atomic mass is 16.5. The summed E-state index contributed by atoms with van der Waals surface area (Å²) in [7, 11) is 6.62. The summed E-state index contributed by atoms with van der Waals surface area (Å²) in [5.74, 6) is 3.14. The second kappa shape index (κ2) is 7.59. The van der Waals surface area contributed by atoms with Crippen molar-refractivity contribution >= 4 is 0 Å². The minimum absolute atomic E-state index is 0.753. The number of para-hydroxylation sites is 1. The molecule has 0 atom stereocenters. The summed E-state index contributed by atoms with van der Waals surface area (Å²) in [4.78, 5) is 0. The van der Waals surface area contributed by atoms with E-state index in [2.05, 4.69) is 6.07 Å². The average Bonchev–Trinajstić information content (AvgIpc) is 2.58. The van der Waals surface area contributed by atoms with Gasteiger partial charge in [-0.25, -0.2) is 0 Å². The van der Waals surface area contributed by atoms with Crippen LogP contribution in [0.2, 0.25) is 0 Å². The maximum absolute atomic E-state index is 5.47. The number of rotatable bonds is 7. The second-order valence-corrected chi connectivity index (χ2v) is 4.87. The lowest BCUT2D eigenvalue weighted by molar-refractivity contribution is 0.351. The first-order chi connectivity index (χ1) is 10.7. The van der Waals surface area contributed by atoms with Crippen molar-refractivity contribution in [3.63, 3.8) is 0 Å². The maximum Gasteiger partial charge on any atom is 0.163 e. The molecule has 118 valence electrons. The quantitative estimate of drug-likeness (QED) is 0.784. The fourth-order valence-electron chi connectivity index (χ4n) is 2.44. The van der Waals surface area contributed by atoms with E-state index >= 15 is 0 Å². The molecule has 0 bridgehead atoms. The maximum atomic E-state index is 5.47. The van der Waals surface area contributed by atoms with Gasteiger partial charge in [0.15, 0.2) is 11.5 Å². The van der Waals surface area contributed by atoms with Gasteiger partial charge in [0.2, 0.25) is 0 Å². The van der Waals surface area contributed by atoms with Gasteiger partial charge in [0.1, 0.15) is 11.5 Å². The molecule has 2 rings (SSSR count). The third kappa shape index (κ3) is 3.64. The Hall–Kier alpha value is -2.36. The number of hydrogen-bond acceptors (Lipinski definition) is 4. The third-order valence-corrected chi connectivity index (χ3v) is 3.58. The van der Waals surface area contributed by atoms with Gasteiger partial charge in [0, 0.05) is 6.07 Å². The van der Waals surface area contributed by atoms with E-state index in [4.69, 9.17) is 18.9 Å². The zero-order chi connectivity index (χ0) is 15.9. The molecule has 0 fully saturated rings. The molecule has 0 N–H and O–H groups in total. The Morgan fingerprint density at radius 2 is 1.41 bits per heavy atom. The number of methoxy groups -OCH3 is 4. The van der Waals surface area contributed by atoms with Gasteiger partial charge >= 0.3 is 0 Å². The van der Waals surface area contributed by atoms with E-state index < -0.39 is 0 Å². The Morgan fingerprint density at radius 1 is 0.727 bits per heavy atom. The Bertz CT molecular complexity index is 600. The standard InChI is InChI=1S/C18H22O4/c1-19-15-10-13(11-16(12-15)20-2)8-9-14-6-5-7-17(21-3)18(14)22-4/h5-7,10-12H,8-9H2,1-4H3. The lowest BCUT2D eigenvalue weighted by Gasteiger charge is -2.13. The van der Waals surface area contributed by atoms with Crippen LogP contribution in [0, 0.1) is 0 Å². The molecule has 0 aliphatic rings. The van der Waals surface area contributed by atoms with E-state index in [1.807, 2.05) is 30.3 Å². The molecule has 0 saturated carbocycles. The zero-order valence-electron chi connectivity index (χ0n) is 13.5. The van der Waals surface area contributed by atoms with Crippen LogP contribution in [0.1, 0.15) is 11.1 Å². The third-order valence-electron chi connectivity index (χ3n) is 3.58. The van der Waals surface area contributed by atoms with Crippen LogP contribution in [-0.4, -0.2) is 28.4 Å². The van der Waals surface area contributed by atoms with E-state index in [1.54, 1.807) is 28.4 Å². The summed E-state index contributed by atoms with van der Waals surface area (Å²) in [6.45, 7) is 0. The molecule has 0 aromatic heterocycles. The summed E-state index contributed by atoms with van der Waals surface area (Å²) in [6.07, 6.45) is 1.70. The van der Waals surface area contributed by atoms with E-state index in [0.29, 0.717) is 0 Å².